The van der Waals surface area contributed by atoms with Gasteiger partial charge in [-0.15, -0.1) is 0 Å². The van der Waals surface area contributed by atoms with E-state index in [4.69, 9.17) is 9.29 Å². The number of aromatic hydroxyl groups is 2. The molecule has 4 N–H and O–H groups in total. The molecule has 128 valence electrons. The van der Waals surface area contributed by atoms with E-state index in [0.717, 1.165) is 6.07 Å². The molecule has 0 spiro atoms. The third kappa shape index (κ3) is 3.37. The van der Waals surface area contributed by atoms with Crippen molar-refractivity contribution < 1.29 is 37.2 Å². The summed E-state index contributed by atoms with van der Waals surface area (Å²) in [5.41, 5.74) is 0.763. The number of hydrogen-bond donors (Lipinski definition) is 4. The summed E-state index contributed by atoms with van der Waals surface area (Å²) in [6.07, 6.45) is -1.81. The largest absolute Gasteiger partial charge is 0.508 e. The molecular weight excluding hydrogens is 340 g/mol. The van der Waals surface area contributed by atoms with Gasteiger partial charge >= 0.3 is 10.4 Å². The predicted molar refractivity (Wildman–Crippen MR) is 81.5 cm³/mol. The summed E-state index contributed by atoms with van der Waals surface area (Å²) >= 11 is 0. The smallest absolute Gasteiger partial charge is 0.446 e. The van der Waals surface area contributed by atoms with Crippen molar-refractivity contribution in [1.82, 2.24) is 0 Å². The summed E-state index contributed by atoms with van der Waals surface area (Å²) in [7, 11) is -4.67. The van der Waals surface area contributed by atoms with Gasteiger partial charge in [0.05, 0.1) is 6.10 Å². The molecule has 1 heterocycles. The highest BCUT2D eigenvalue weighted by Gasteiger charge is 2.32. The molecule has 0 aliphatic carbocycles. The van der Waals surface area contributed by atoms with Crippen LogP contribution in [0.2, 0.25) is 0 Å². The Balaban J connectivity index is 1.94. The molecule has 2 atom stereocenters. The molecule has 3 rings (SSSR count). The lowest BCUT2D eigenvalue weighted by molar-refractivity contribution is 0.0197. The van der Waals surface area contributed by atoms with Crippen molar-refractivity contribution >= 4 is 10.4 Å². The lowest BCUT2D eigenvalue weighted by Gasteiger charge is -2.31. The zero-order valence-corrected chi connectivity index (χ0v) is 13.0. The molecule has 2 aromatic carbocycles. The molecule has 1 aliphatic rings. The maximum absolute atomic E-state index is 10.8. The first-order chi connectivity index (χ1) is 11.2. The highest BCUT2D eigenvalue weighted by Crippen LogP contribution is 2.42. The summed E-state index contributed by atoms with van der Waals surface area (Å²) in [6.45, 7) is 0. The molecule has 0 bridgehead atoms. The predicted octanol–water partition coefficient (Wildman–Crippen LogP) is 1.32. The third-order valence-corrected chi connectivity index (χ3v) is 3.98. The highest BCUT2D eigenvalue weighted by atomic mass is 32.3. The van der Waals surface area contributed by atoms with Crippen LogP contribution < -0.4 is 8.92 Å². The van der Waals surface area contributed by atoms with Gasteiger partial charge in [0.25, 0.3) is 0 Å². The van der Waals surface area contributed by atoms with Crippen molar-refractivity contribution in [3.63, 3.8) is 0 Å². The second kappa shape index (κ2) is 5.86. The van der Waals surface area contributed by atoms with Crippen LogP contribution in [0.4, 0.5) is 0 Å². The second-order valence-corrected chi connectivity index (χ2v) is 6.36. The Bertz CT molecular complexity index is 877. The molecule has 0 fully saturated rings. The Labute approximate surface area is 137 Å². The molecule has 1 aliphatic heterocycles. The maximum atomic E-state index is 10.8. The third-order valence-electron chi connectivity index (χ3n) is 3.58. The standard InChI is InChI=1S/C15H14O8S/c16-9-5-12(17)11-7-13(18)15(22-14(11)6-9)8-2-1-3-10(4-8)23-24(19,20)21/h1-6,13,15-18H,7H2,(H,19,20,21). The molecule has 0 saturated carbocycles. The molecule has 24 heavy (non-hydrogen) atoms. The fourth-order valence-electron chi connectivity index (χ4n) is 2.61. The van der Waals surface area contributed by atoms with Crippen molar-refractivity contribution in [2.24, 2.45) is 0 Å². The van der Waals surface area contributed by atoms with Gasteiger partial charge in [-0.3, -0.25) is 4.55 Å². The Morgan fingerprint density at radius 3 is 2.62 bits per heavy atom. The number of aliphatic hydroxyl groups excluding tert-OH is 1. The molecule has 2 unspecified atom stereocenters. The Kier molecular flexibility index (Phi) is 3.99. The lowest BCUT2D eigenvalue weighted by atomic mass is 9.94. The second-order valence-electron chi connectivity index (χ2n) is 5.34. The molecular formula is C15H14O8S. The van der Waals surface area contributed by atoms with E-state index in [1.54, 1.807) is 6.07 Å². The van der Waals surface area contributed by atoms with Crippen LogP contribution in [0.15, 0.2) is 36.4 Å². The molecule has 0 amide bonds. The SMILES string of the molecule is O=S(=O)(O)Oc1cccc(C2Oc3cc(O)cc(O)c3CC2O)c1. The zero-order chi connectivity index (χ0) is 17.5. The Morgan fingerprint density at radius 2 is 1.92 bits per heavy atom. The number of fused-ring (bicyclic) bond motifs is 1. The van der Waals surface area contributed by atoms with Gasteiger partial charge in [-0.2, -0.15) is 8.42 Å². The van der Waals surface area contributed by atoms with Gasteiger partial charge in [-0.1, -0.05) is 12.1 Å². The summed E-state index contributed by atoms with van der Waals surface area (Å²) < 4.78 is 40.3. The fourth-order valence-corrected chi connectivity index (χ4v) is 2.96. The fraction of sp³-hybridized carbons (Fsp3) is 0.200. The first-order valence-corrected chi connectivity index (χ1v) is 8.26. The molecule has 0 aromatic heterocycles. The highest BCUT2D eigenvalue weighted by molar-refractivity contribution is 7.81. The van der Waals surface area contributed by atoms with Crippen molar-refractivity contribution in [2.75, 3.05) is 0 Å². The zero-order valence-electron chi connectivity index (χ0n) is 12.2. The summed E-state index contributed by atoms with van der Waals surface area (Å²) in [4.78, 5) is 0. The van der Waals surface area contributed by atoms with E-state index in [9.17, 15) is 23.7 Å². The minimum absolute atomic E-state index is 0.0789. The van der Waals surface area contributed by atoms with E-state index < -0.39 is 22.6 Å². The molecule has 8 nitrogen and oxygen atoms in total. The minimum atomic E-state index is -4.67. The van der Waals surface area contributed by atoms with E-state index >= 15 is 0 Å². The van der Waals surface area contributed by atoms with Gasteiger partial charge in [-0.05, 0) is 17.7 Å². The normalized spacial score (nSPS) is 20.1. The van der Waals surface area contributed by atoms with Gasteiger partial charge in [-0.25, -0.2) is 0 Å². The first-order valence-electron chi connectivity index (χ1n) is 6.89. The quantitative estimate of drug-likeness (QED) is 0.606. The number of phenols is 2. The van der Waals surface area contributed by atoms with Crippen LogP contribution in [0.25, 0.3) is 0 Å². The Morgan fingerprint density at radius 1 is 1.17 bits per heavy atom. The number of benzene rings is 2. The number of phenolic OH excluding ortho intramolecular Hbond substituents is 2. The van der Waals surface area contributed by atoms with Crippen molar-refractivity contribution in [2.45, 2.75) is 18.6 Å². The van der Waals surface area contributed by atoms with Crippen LogP contribution in [-0.2, 0) is 16.8 Å². The van der Waals surface area contributed by atoms with Crippen molar-refractivity contribution in [1.29, 1.82) is 0 Å². The Hall–Kier alpha value is -2.49. The van der Waals surface area contributed by atoms with Crippen molar-refractivity contribution in [3.8, 4) is 23.0 Å². The van der Waals surface area contributed by atoms with Gasteiger partial charge < -0.3 is 24.2 Å². The lowest BCUT2D eigenvalue weighted by Crippen LogP contribution is -2.30. The molecule has 9 heteroatoms. The van der Waals surface area contributed by atoms with Gasteiger partial charge in [0, 0.05) is 24.1 Å². The minimum Gasteiger partial charge on any atom is -0.508 e. The number of hydrogen-bond acceptors (Lipinski definition) is 7. The van der Waals surface area contributed by atoms with Crippen molar-refractivity contribution in [3.05, 3.63) is 47.5 Å². The van der Waals surface area contributed by atoms with Crippen LogP contribution in [0.5, 0.6) is 23.0 Å². The van der Waals surface area contributed by atoms with Crippen LogP contribution in [-0.4, -0.2) is 34.4 Å². The average Bonchev–Trinajstić information content (AvgIpc) is 2.46. The monoisotopic (exact) mass is 354 g/mol. The van der Waals surface area contributed by atoms with Crippen LogP contribution in [0.3, 0.4) is 0 Å². The van der Waals surface area contributed by atoms with Crippen LogP contribution in [0.1, 0.15) is 17.2 Å². The average molecular weight is 354 g/mol. The van der Waals surface area contributed by atoms with E-state index in [-0.39, 0.29) is 29.4 Å². The van der Waals surface area contributed by atoms with E-state index in [1.807, 2.05) is 0 Å². The number of rotatable bonds is 3. The topological polar surface area (TPSA) is 134 Å². The first kappa shape index (κ1) is 16.4. The van der Waals surface area contributed by atoms with E-state index in [0.29, 0.717) is 11.1 Å². The molecule has 2 aromatic rings. The molecule has 0 radical (unpaired) electrons. The number of aliphatic hydroxyl groups is 1. The summed E-state index contributed by atoms with van der Waals surface area (Å²) in [6, 6.07) is 8.13. The van der Waals surface area contributed by atoms with Crippen LogP contribution >= 0.6 is 0 Å². The van der Waals surface area contributed by atoms with Gasteiger partial charge in [0.1, 0.15) is 29.1 Å². The van der Waals surface area contributed by atoms with Gasteiger partial charge in [0.15, 0.2) is 0 Å². The van der Waals surface area contributed by atoms with E-state index in [2.05, 4.69) is 4.18 Å². The van der Waals surface area contributed by atoms with E-state index in [1.165, 1.54) is 24.3 Å². The maximum Gasteiger partial charge on any atom is 0.446 e. The molecule has 0 saturated heterocycles. The van der Waals surface area contributed by atoms with Gasteiger partial charge in [0.2, 0.25) is 0 Å². The summed E-state index contributed by atoms with van der Waals surface area (Å²) in [5.74, 6) is -0.310. The summed E-state index contributed by atoms with van der Waals surface area (Å²) in [5, 5.41) is 29.6. The van der Waals surface area contributed by atoms with Crippen LogP contribution in [0, 0.1) is 0 Å². The number of ether oxygens (including phenoxy) is 1.